The number of H-pyrrole nitrogens is 2. The summed E-state index contributed by atoms with van der Waals surface area (Å²) < 4.78 is 23.3. The van der Waals surface area contributed by atoms with Crippen molar-refractivity contribution in [1.82, 2.24) is 29.7 Å². The zero-order chi connectivity index (χ0) is 30.2. The summed E-state index contributed by atoms with van der Waals surface area (Å²) in [5, 5.41) is 0. The number of nitrogens with zero attached hydrogens (tertiary/aromatic N) is 4. The van der Waals surface area contributed by atoms with E-state index < -0.39 is 0 Å². The Hall–Kier alpha value is -4.12. The van der Waals surface area contributed by atoms with Crippen LogP contribution in [0.4, 0.5) is 0 Å². The highest BCUT2D eigenvalue weighted by atomic mass is 16.5. The number of methoxy groups -OCH3 is 1. The van der Waals surface area contributed by atoms with Gasteiger partial charge in [0.25, 0.3) is 0 Å². The quantitative estimate of drug-likeness (QED) is 0.147. The molecule has 2 aromatic heterocycles. The molecule has 2 heterocycles. The zero-order valence-corrected chi connectivity index (χ0v) is 25.8. The maximum Gasteiger partial charge on any atom is 0.142 e. The minimum absolute atomic E-state index is 0.409. The average molecular weight is 587 g/mol. The fraction of sp³-hybridized carbons (Fsp3) is 0.394. The third-order valence-corrected chi connectivity index (χ3v) is 7.00. The highest BCUT2D eigenvalue weighted by molar-refractivity contribution is 5.84. The lowest BCUT2D eigenvalue weighted by Crippen LogP contribution is -2.15. The summed E-state index contributed by atoms with van der Waals surface area (Å²) >= 11 is 0. The standard InChI is InChI=1S/C33H42N6O4/c1-38(2)14-6-16-41-24-9-12-27-29(21-24)36-32(34-27)23-8-11-26(31(20-23)43-19-18-40-5)33-35-28-13-10-25(22-30(28)37-33)42-17-7-15-39(3)4/h8-13,20-22H,6-7,14-19H2,1-5H3,(H,34,36)(H,35,37). The van der Waals surface area contributed by atoms with Crippen molar-refractivity contribution in [2.24, 2.45) is 0 Å². The maximum atomic E-state index is 6.18. The molecule has 0 unspecified atom stereocenters. The number of fused-ring (bicyclic) bond motifs is 2. The molecule has 10 heteroatoms. The molecule has 0 fully saturated rings. The summed E-state index contributed by atoms with van der Waals surface area (Å²) in [4.78, 5) is 20.9. The van der Waals surface area contributed by atoms with E-state index in [0.29, 0.717) is 32.2 Å². The Bertz CT molecular complexity index is 1630. The van der Waals surface area contributed by atoms with Crippen molar-refractivity contribution in [1.29, 1.82) is 0 Å². The first kappa shape index (κ1) is 30.3. The molecule has 0 saturated carbocycles. The van der Waals surface area contributed by atoms with E-state index in [2.05, 4.69) is 48.0 Å². The van der Waals surface area contributed by atoms with Crippen LogP contribution in [0.25, 0.3) is 44.8 Å². The highest BCUT2D eigenvalue weighted by Crippen LogP contribution is 2.35. The van der Waals surface area contributed by atoms with Crippen molar-refractivity contribution in [2.45, 2.75) is 12.8 Å². The Morgan fingerprint density at radius 3 is 1.79 bits per heavy atom. The second-order valence-electron chi connectivity index (χ2n) is 11.1. The van der Waals surface area contributed by atoms with Gasteiger partial charge < -0.3 is 38.7 Å². The van der Waals surface area contributed by atoms with Gasteiger partial charge in [0.1, 0.15) is 35.5 Å². The molecule has 0 bridgehead atoms. The first-order chi connectivity index (χ1) is 20.9. The molecule has 2 N–H and O–H groups in total. The number of nitrogens with one attached hydrogen (secondary N) is 2. The summed E-state index contributed by atoms with van der Waals surface area (Å²) in [7, 11) is 9.92. The third kappa shape index (κ3) is 8.04. The maximum absolute atomic E-state index is 6.18. The van der Waals surface area contributed by atoms with Crippen molar-refractivity contribution in [3.8, 4) is 40.0 Å². The number of hydrogen-bond donors (Lipinski definition) is 2. The number of aromatic nitrogens is 4. The SMILES string of the molecule is COCCOc1cc(-c2nc3ccc(OCCCN(C)C)cc3[nH]2)ccc1-c1nc2ccc(OCCCN(C)C)cc2[nH]1. The van der Waals surface area contributed by atoms with E-state index in [4.69, 9.17) is 28.9 Å². The molecule has 5 aromatic rings. The summed E-state index contributed by atoms with van der Waals surface area (Å²) in [5.74, 6) is 3.81. The largest absolute Gasteiger partial charge is 0.493 e. The monoisotopic (exact) mass is 586 g/mol. The lowest BCUT2D eigenvalue weighted by atomic mass is 10.1. The summed E-state index contributed by atoms with van der Waals surface area (Å²) in [6.07, 6.45) is 1.93. The molecule has 10 nitrogen and oxygen atoms in total. The van der Waals surface area contributed by atoms with Crippen molar-refractivity contribution < 1.29 is 18.9 Å². The average Bonchev–Trinajstić information content (AvgIpc) is 3.61. The van der Waals surface area contributed by atoms with Crippen LogP contribution in [0.3, 0.4) is 0 Å². The Balaban J connectivity index is 1.37. The molecule has 0 aliphatic rings. The van der Waals surface area contributed by atoms with Crippen molar-refractivity contribution in [3.05, 3.63) is 54.6 Å². The summed E-state index contributed by atoms with van der Waals surface area (Å²) in [6, 6.07) is 17.9. The highest BCUT2D eigenvalue weighted by Gasteiger charge is 2.15. The Morgan fingerprint density at radius 1 is 0.628 bits per heavy atom. The zero-order valence-electron chi connectivity index (χ0n) is 25.8. The molecule has 3 aromatic carbocycles. The molecule has 0 saturated heterocycles. The van der Waals surface area contributed by atoms with Gasteiger partial charge in [-0.05, 0) is 77.4 Å². The van der Waals surface area contributed by atoms with Crippen LogP contribution in [0, 0.1) is 0 Å². The molecule has 0 amide bonds. The number of rotatable bonds is 16. The van der Waals surface area contributed by atoms with Gasteiger partial charge in [0.05, 0.1) is 47.5 Å². The van der Waals surface area contributed by atoms with Crippen LogP contribution in [0.5, 0.6) is 17.2 Å². The van der Waals surface area contributed by atoms with Gasteiger partial charge in [-0.1, -0.05) is 6.07 Å². The first-order valence-corrected chi connectivity index (χ1v) is 14.7. The second-order valence-corrected chi connectivity index (χ2v) is 11.1. The van der Waals surface area contributed by atoms with Gasteiger partial charge in [-0.2, -0.15) is 0 Å². The fourth-order valence-electron chi connectivity index (χ4n) is 4.78. The van der Waals surface area contributed by atoms with Gasteiger partial charge >= 0.3 is 0 Å². The Kier molecular flexibility index (Phi) is 10.1. The predicted octanol–water partition coefficient (Wildman–Crippen LogP) is 5.46. The molecule has 0 aliphatic carbocycles. The van der Waals surface area contributed by atoms with Crippen LogP contribution < -0.4 is 14.2 Å². The van der Waals surface area contributed by atoms with E-state index in [-0.39, 0.29) is 0 Å². The van der Waals surface area contributed by atoms with Crippen LogP contribution in [0.2, 0.25) is 0 Å². The minimum atomic E-state index is 0.409. The summed E-state index contributed by atoms with van der Waals surface area (Å²) in [6.45, 7) is 4.19. The lowest BCUT2D eigenvalue weighted by molar-refractivity contribution is 0.146. The predicted molar refractivity (Wildman–Crippen MR) is 171 cm³/mol. The van der Waals surface area contributed by atoms with Gasteiger partial charge in [0, 0.05) is 37.9 Å². The van der Waals surface area contributed by atoms with E-state index in [9.17, 15) is 0 Å². The van der Waals surface area contributed by atoms with Gasteiger partial charge in [-0.15, -0.1) is 0 Å². The number of aromatic amines is 2. The van der Waals surface area contributed by atoms with Gasteiger partial charge in [-0.3, -0.25) is 0 Å². The molecular formula is C33H42N6O4. The van der Waals surface area contributed by atoms with Crippen LogP contribution in [0.1, 0.15) is 12.8 Å². The van der Waals surface area contributed by atoms with E-state index >= 15 is 0 Å². The molecule has 0 radical (unpaired) electrons. The molecule has 5 rings (SSSR count). The lowest BCUT2D eigenvalue weighted by Gasteiger charge is -2.11. The molecule has 228 valence electrons. The molecule has 0 atom stereocenters. The van der Waals surface area contributed by atoms with E-state index in [0.717, 1.165) is 82.3 Å². The third-order valence-electron chi connectivity index (χ3n) is 7.00. The van der Waals surface area contributed by atoms with Gasteiger partial charge in [0.15, 0.2) is 0 Å². The van der Waals surface area contributed by atoms with Crippen molar-refractivity contribution in [3.63, 3.8) is 0 Å². The van der Waals surface area contributed by atoms with Crippen LogP contribution in [0.15, 0.2) is 54.6 Å². The Morgan fingerprint density at radius 2 is 1.21 bits per heavy atom. The van der Waals surface area contributed by atoms with Crippen LogP contribution in [-0.2, 0) is 4.74 Å². The van der Waals surface area contributed by atoms with E-state index in [1.807, 2.05) is 54.6 Å². The van der Waals surface area contributed by atoms with Gasteiger partial charge in [-0.25, -0.2) is 9.97 Å². The van der Waals surface area contributed by atoms with Crippen molar-refractivity contribution >= 4 is 22.1 Å². The van der Waals surface area contributed by atoms with E-state index in [1.54, 1.807) is 7.11 Å². The molecule has 0 aliphatic heterocycles. The summed E-state index contributed by atoms with van der Waals surface area (Å²) in [5.41, 5.74) is 5.32. The van der Waals surface area contributed by atoms with Crippen molar-refractivity contribution in [2.75, 3.05) is 74.8 Å². The number of hydrogen-bond acceptors (Lipinski definition) is 8. The number of imidazole rings is 2. The number of benzene rings is 3. The van der Waals surface area contributed by atoms with E-state index in [1.165, 1.54) is 0 Å². The van der Waals surface area contributed by atoms with Gasteiger partial charge in [0.2, 0.25) is 0 Å². The van der Waals surface area contributed by atoms with Crippen LogP contribution >= 0.6 is 0 Å². The normalized spacial score (nSPS) is 11.7. The second kappa shape index (κ2) is 14.4. The smallest absolute Gasteiger partial charge is 0.142 e. The molecular weight excluding hydrogens is 544 g/mol. The molecule has 0 spiro atoms. The Labute approximate surface area is 252 Å². The van der Waals surface area contributed by atoms with Crippen LogP contribution in [-0.4, -0.2) is 105 Å². The first-order valence-electron chi connectivity index (χ1n) is 14.7. The minimum Gasteiger partial charge on any atom is -0.493 e. The number of ether oxygens (including phenoxy) is 4. The fourth-order valence-corrected chi connectivity index (χ4v) is 4.78. The topological polar surface area (TPSA) is 101 Å². The molecule has 43 heavy (non-hydrogen) atoms.